The molecule has 2 fully saturated rings. The number of hydrazone groups is 1. The first kappa shape index (κ1) is 22.9. The first-order chi connectivity index (χ1) is 15.4. The lowest BCUT2D eigenvalue weighted by Gasteiger charge is -2.37. The maximum absolute atomic E-state index is 13.7. The summed E-state index contributed by atoms with van der Waals surface area (Å²) in [6.07, 6.45) is 1.06. The van der Waals surface area contributed by atoms with Crippen molar-refractivity contribution in [2.75, 3.05) is 10.7 Å². The molecule has 2 aliphatic carbocycles. The molecule has 172 valence electrons. The Balaban J connectivity index is 1.67. The van der Waals surface area contributed by atoms with Crippen LogP contribution in [0.3, 0.4) is 0 Å². The van der Waals surface area contributed by atoms with E-state index in [1.54, 1.807) is 12.1 Å². The predicted molar refractivity (Wildman–Crippen MR) is 128 cm³/mol. The van der Waals surface area contributed by atoms with Crippen LogP contribution in [0.1, 0.15) is 39.2 Å². The molecule has 2 N–H and O–H groups in total. The molecule has 0 heterocycles. The summed E-state index contributed by atoms with van der Waals surface area (Å²) < 4.78 is 0. The predicted octanol–water partition coefficient (Wildman–Crippen LogP) is 5.36. The van der Waals surface area contributed by atoms with Crippen molar-refractivity contribution < 1.29 is 14.5 Å². The van der Waals surface area contributed by atoms with Crippen LogP contribution in [0.4, 0.5) is 17.1 Å². The van der Waals surface area contributed by atoms with E-state index in [0.717, 1.165) is 5.56 Å². The Hall–Kier alpha value is -3.26. The molecule has 2 aromatic carbocycles. The Morgan fingerprint density at radius 2 is 1.79 bits per heavy atom. The van der Waals surface area contributed by atoms with Gasteiger partial charge in [0.2, 0.25) is 5.91 Å². The second-order valence-corrected chi connectivity index (χ2v) is 9.92. The first-order valence-electron chi connectivity index (χ1n) is 10.6. The van der Waals surface area contributed by atoms with E-state index < -0.39 is 21.2 Å². The number of nitro benzene ring substituents is 1. The number of nitrogens with zero attached hydrogens (tertiary/aromatic N) is 2. The highest BCUT2D eigenvalue weighted by molar-refractivity contribution is 6.51. The molecular weight excluding hydrogens is 444 g/mol. The van der Waals surface area contributed by atoms with Gasteiger partial charge < -0.3 is 5.32 Å². The van der Waals surface area contributed by atoms with Crippen LogP contribution in [0.5, 0.6) is 0 Å². The van der Waals surface area contributed by atoms with E-state index >= 15 is 0 Å². The minimum Gasteiger partial charge on any atom is -0.325 e. The van der Waals surface area contributed by atoms with Crippen molar-refractivity contribution in [3.8, 4) is 0 Å². The average molecular weight is 469 g/mol. The number of hydrogen-bond donors (Lipinski definition) is 2. The zero-order valence-corrected chi connectivity index (χ0v) is 19.6. The van der Waals surface area contributed by atoms with Gasteiger partial charge in [-0.2, -0.15) is 5.10 Å². The SMILES string of the molecule is Cc1ccc(Cl)cc1NC(=O)C12CCC(C)(C(=NNc3ccc([N+](=O)[O-])cc3)C1=O)C2(C)C. The summed E-state index contributed by atoms with van der Waals surface area (Å²) in [7, 11) is 0. The Morgan fingerprint density at radius 1 is 1.12 bits per heavy atom. The number of anilines is 2. The van der Waals surface area contributed by atoms with Gasteiger partial charge in [0.05, 0.1) is 10.6 Å². The van der Waals surface area contributed by atoms with Crippen molar-refractivity contribution in [3.05, 3.63) is 63.2 Å². The van der Waals surface area contributed by atoms with Crippen molar-refractivity contribution in [1.29, 1.82) is 0 Å². The fraction of sp³-hybridized carbons (Fsp3) is 0.375. The third-order valence-electron chi connectivity index (χ3n) is 7.78. The van der Waals surface area contributed by atoms with Gasteiger partial charge in [-0.15, -0.1) is 0 Å². The van der Waals surface area contributed by atoms with Crippen molar-refractivity contribution in [1.82, 2.24) is 0 Å². The van der Waals surface area contributed by atoms with E-state index in [-0.39, 0.29) is 17.4 Å². The van der Waals surface area contributed by atoms with Crippen molar-refractivity contribution in [3.63, 3.8) is 0 Å². The number of hydrogen-bond acceptors (Lipinski definition) is 6. The van der Waals surface area contributed by atoms with Gasteiger partial charge in [-0.05, 0) is 55.0 Å². The smallest absolute Gasteiger partial charge is 0.269 e. The second-order valence-electron chi connectivity index (χ2n) is 9.48. The van der Waals surface area contributed by atoms with E-state index in [0.29, 0.717) is 35.0 Å². The van der Waals surface area contributed by atoms with Gasteiger partial charge in [-0.3, -0.25) is 25.1 Å². The molecule has 33 heavy (non-hydrogen) atoms. The molecule has 0 radical (unpaired) electrons. The van der Waals surface area contributed by atoms with E-state index in [1.165, 1.54) is 24.3 Å². The van der Waals surface area contributed by atoms with Crippen LogP contribution in [-0.2, 0) is 9.59 Å². The largest absolute Gasteiger partial charge is 0.325 e. The normalized spacial score (nSPS) is 26.5. The van der Waals surface area contributed by atoms with Crippen LogP contribution in [-0.4, -0.2) is 22.3 Å². The van der Waals surface area contributed by atoms with Crippen LogP contribution >= 0.6 is 11.6 Å². The molecule has 4 rings (SSSR count). The van der Waals surface area contributed by atoms with Gasteiger partial charge in [0.25, 0.3) is 5.69 Å². The number of Topliss-reactive ketones (excluding diaryl/α,β-unsaturated/α-hetero) is 1. The number of nitro groups is 1. The Labute approximate surface area is 196 Å². The fourth-order valence-electron chi connectivity index (χ4n) is 5.21. The molecule has 0 saturated heterocycles. The summed E-state index contributed by atoms with van der Waals surface area (Å²) in [5.74, 6) is -0.653. The molecule has 2 saturated carbocycles. The van der Waals surface area contributed by atoms with Crippen molar-refractivity contribution in [2.45, 2.75) is 40.5 Å². The Morgan fingerprint density at radius 3 is 2.42 bits per heavy atom. The third kappa shape index (κ3) is 3.23. The molecule has 2 unspecified atom stereocenters. The number of carbonyl (C=O) groups is 2. The zero-order valence-electron chi connectivity index (χ0n) is 18.9. The summed E-state index contributed by atoms with van der Waals surface area (Å²) in [5.41, 5.74) is 2.52. The molecular formula is C24H25ClN4O4. The highest BCUT2D eigenvalue weighted by Crippen LogP contribution is 2.69. The average Bonchev–Trinajstić information content (AvgIpc) is 3.04. The highest BCUT2D eigenvalue weighted by Gasteiger charge is 2.76. The molecule has 2 aliphatic rings. The van der Waals surface area contributed by atoms with Gasteiger partial charge in [-0.1, -0.05) is 38.4 Å². The molecule has 0 aromatic heterocycles. The number of amides is 1. The first-order valence-corrected chi connectivity index (χ1v) is 11.0. The van der Waals surface area contributed by atoms with Gasteiger partial charge in [0, 0.05) is 28.3 Å². The lowest BCUT2D eigenvalue weighted by Crippen LogP contribution is -2.47. The second kappa shape index (κ2) is 7.66. The lowest BCUT2D eigenvalue weighted by molar-refractivity contribution is -0.384. The standard InChI is InChI=1S/C24H25ClN4O4/c1-14-5-6-15(25)13-18(14)26-21(31)24-12-11-23(4,22(24,2)3)19(20(24)30)28-27-16-7-9-17(10-8-16)29(32)33/h5-10,13,27H,11-12H2,1-4H3,(H,26,31). The van der Waals surface area contributed by atoms with Gasteiger partial charge in [0.1, 0.15) is 11.1 Å². The minimum absolute atomic E-state index is 0.0377. The number of rotatable bonds is 5. The molecule has 2 aromatic rings. The van der Waals surface area contributed by atoms with Crippen LogP contribution in [0, 0.1) is 33.3 Å². The molecule has 2 bridgehead atoms. The summed E-state index contributed by atoms with van der Waals surface area (Å²) in [6, 6.07) is 11.0. The Kier molecular flexibility index (Phi) is 5.32. The number of non-ortho nitro benzene ring substituents is 1. The fourth-order valence-corrected chi connectivity index (χ4v) is 5.38. The van der Waals surface area contributed by atoms with Crippen LogP contribution in [0.15, 0.2) is 47.6 Å². The summed E-state index contributed by atoms with van der Waals surface area (Å²) in [4.78, 5) is 37.7. The van der Waals surface area contributed by atoms with E-state index in [4.69, 9.17) is 11.6 Å². The van der Waals surface area contributed by atoms with Crippen LogP contribution < -0.4 is 10.7 Å². The molecule has 0 aliphatic heterocycles. The minimum atomic E-state index is -1.26. The molecule has 9 heteroatoms. The zero-order chi connectivity index (χ0) is 24.2. The maximum Gasteiger partial charge on any atom is 0.269 e. The number of nitrogens with one attached hydrogen (secondary N) is 2. The third-order valence-corrected chi connectivity index (χ3v) is 8.02. The monoisotopic (exact) mass is 468 g/mol. The number of fused-ring (bicyclic) bond motifs is 2. The number of ketones is 1. The molecule has 2 atom stereocenters. The lowest BCUT2D eigenvalue weighted by atomic mass is 9.64. The van der Waals surface area contributed by atoms with Crippen molar-refractivity contribution >= 4 is 46.1 Å². The summed E-state index contributed by atoms with van der Waals surface area (Å²) in [6.45, 7) is 7.71. The molecule has 0 spiro atoms. The molecule has 1 amide bonds. The number of benzene rings is 2. The topological polar surface area (TPSA) is 114 Å². The summed E-state index contributed by atoms with van der Waals surface area (Å²) in [5, 5.41) is 18.7. The number of carbonyl (C=O) groups excluding carboxylic acids is 2. The number of halogens is 1. The summed E-state index contributed by atoms with van der Waals surface area (Å²) >= 11 is 6.11. The molecule has 8 nitrogen and oxygen atoms in total. The van der Waals surface area contributed by atoms with E-state index in [9.17, 15) is 19.7 Å². The van der Waals surface area contributed by atoms with Gasteiger partial charge >= 0.3 is 0 Å². The van der Waals surface area contributed by atoms with Gasteiger partial charge in [-0.25, -0.2) is 0 Å². The van der Waals surface area contributed by atoms with Gasteiger partial charge in [0.15, 0.2) is 5.78 Å². The number of aryl methyl sites for hydroxylation is 1. The highest BCUT2D eigenvalue weighted by atomic mass is 35.5. The van der Waals surface area contributed by atoms with E-state index in [1.807, 2.05) is 33.8 Å². The van der Waals surface area contributed by atoms with Crippen LogP contribution in [0.2, 0.25) is 5.02 Å². The van der Waals surface area contributed by atoms with E-state index in [2.05, 4.69) is 15.8 Å². The van der Waals surface area contributed by atoms with Crippen LogP contribution in [0.25, 0.3) is 0 Å². The quantitative estimate of drug-likeness (QED) is 0.348. The Bertz CT molecular complexity index is 1210. The maximum atomic E-state index is 13.7. The van der Waals surface area contributed by atoms with Crippen molar-refractivity contribution in [2.24, 2.45) is 21.3 Å².